The Morgan fingerprint density at radius 2 is 1.55 bits per heavy atom. The quantitative estimate of drug-likeness (QED) is 0.894. The molecule has 0 saturated heterocycles. The highest BCUT2D eigenvalue weighted by molar-refractivity contribution is 6.36. The zero-order valence-corrected chi connectivity index (χ0v) is 13.2. The maximum absolute atomic E-state index is 6.34. The monoisotopic (exact) mass is 309 g/mol. The van der Waals surface area contributed by atoms with Gasteiger partial charge in [-0.2, -0.15) is 0 Å². The molecule has 0 amide bonds. The molecule has 2 aromatic carbocycles. The van der Waals surface area contributed by atoms with Gasteiger partial charge in [0.05, 0.1) is 13.2 Å². The SMILES string of the molecule is COc1c(C)cc(C(N)c2c(Cl)cccc2Cl)cc1C. The van der Waals surface area contributed by atoms with Crippen LogP contribution in [0.1, 0.15) is 28.3 Å². The Hall–Kier alpha value is -1.22. The molecule has 4 heteroatoms. The molecular weight excluding hydrogens is 293 g/mol. The van der Waals surface area contributed by atoms with E-state index in [1.165, 1.54) is 0 Å². The third-order valence-corrected chi connectivity index (χ3v) is 4.02. The summed E-state index contributed by atoms with van der Waals surface area (Å²) >= 11 is 12.4. The van der Waals surface area contributed by atoms with E-state index in [-0.39, 0.29) is 6.04 Å². The van der Waals surface area contributed by atoms with Crippen LogP contribution in [-0.2, 0) is 0 Å². The first kappa shape index (κ1) is 15.2. The van der Waals surface area contributed by atoms with Gasteiger partial charge in [0.25, 0.3) is 0 Å². The van der Waals surface area contributed by atoms with Crippen LogP contribution >= 0.6 is 23.2 Å². The van der Waals surface area contributed by atoms with Crippen LogP contribution < -0.4 is 10.5 Å². The molecule has 0 heterocycles. The minimum atomic E-state index is -0.362. The smallest absolute Gasteiger partial charge is 0.124 e. The van der Waals surface area contributed by atoms with Crippen molar-refractivity contribution in [3.05, 3.63) is 62.6 Å². The van der Waals surface area contributed by atoms with Crippen LogP contribution in [0.5, 0.6) is 5.75 Å². The fourth-order valence-electron chi connectivity index (χ4n) is 2.46. The molecule has 0 fully saturated rings. The molecule has 0 saturated carbocycles. The lowest BCUT2D eigenvalue weighted by atomic mass is 9.95. The average molecular weight is 310 g/mol. The van der Waals surface area contributed by atoms with Crippen LogP contribution in [0.4, 0.5) is 0 Å². The number of hydrogen-bond acceptors (Lipinski definition) is 2. The van der Waals surface area contributed by atoms with Gasteiger partial charge in [-0.15, -0.1) is 0 Å². The zero-order valence-electron chi connectivity index (χ0n) is 11.7. The second kappa shape index (κ2) is 6.04. The molecule has 0 aliphatic carbocycles. The second-order valence-corrected chi connectivity index (χ2v) is 5.62. The third-order valence-electron chi connectivity index (χ3n) is 3.36. The molecule has 0 aliphatic rings. The summed E-state index contributed by atoms with van der Waals surface area (Å²) in [5.74, 6) is 0.881. The van der Waals surface area contributed by atoms with Crippen molar-refractivity contribution in [2.75, 3.05) is 7.11 Å². The maximum atomic E-state index is 6.34. The van der Waals surface area contributed by atoms with Crippen molar-refractivity contribution < 1.29 is 4.74 Å². The molecule has 2 nitrogen and oxygen atoms in total. The molecule has 2 N–H and O–H groups in total. The Morgan fingerprint density at radius 1 is 1.05 bits per heavy atom. The molecule has 0 aromatic heterocycles. The summed E-state index contributed by atoms with van der Waals surface area (Å²) in [7, 11) is 1.67. The molecule has 0 spiro atoms. The van der Waals surface area contributed by atoms with Crippen molar-refractivity contribution >= 4 is 23.2 Å². The topological polar surface area (TPSA) is 35.2 Å². The number of rotatable bonds is 3. The van der Waals surface area contributed by atoms with Gasteiger partial charge in [-0.3, -0.25) is 0 Å². The largest absolute Gasteiger partial charge is 0.496 e. The first-order valence-corrected chi connectivity index (χ1v) is 7.06. The predicted octanol–water partition coefficient (Wildman–Crippen LogP) is 4.67. The van der Waals surface area contributed by atoms with Gasteiger partial charge in [0.15, 0.2) is 0 Å². The highest BCUT2D eigenvalue weighted by atomic mass is 35.5. The summed E-state index contributed by atoms with van der Waals surface area (Å²) in [4.78, 5) is 0. The van der Waals surface area contributed by atoms with Gasteiger partial charge in [-0.1, -0.05) is 41.4 Å². The zero-order chi connectivity index (χ0) is 14.9. The molecule has 0 bridgehead atoms. The number of halogens is 2. The van der Waals surface area contributed by atoms with E-state index in [0.717, 1.165) is 28.0 Å². The van der Waals surface area contributed by atoms with Gasteiger partial charge in [-0.25, -0.2) is 0 Å². The normalized spacial score (nSPS) is 12.3. The molecule has 2 aromatic rings. The first-order chi connectivity index (χ1) is 9.45. The lowest BCUT2D eigenvalue weighted by Gasteiger charge is -2.18. The molecule has 106 valence electrons. The maximum Gasteiger partial charge on any atom is 0.124 e. The van der Waals surface area contributed by atoms with E-state index < -0.39 is 0 Å². The van der Waals surface area contributed by atoms with Crippen molar-refractivity contribution in [3.8, 4) is 5.75 Å². The summed E-state index contributed by atoms with van der Waals surface area (Å²) in [6.45, 7) is 3.99. The summed E-state index contributed by atoms with van der Waals surface area (Å²) in [5, 5.41) is 1.16. The predicted molar refractivity (Wildman–Crippen MR) is 85.0 cm³/mol. The Labute approximate surface area is 129 Å². The van der Waals surface area contributed by atoms with E-state index in [1.807, 2.05) is 32.0 Å². The van der Waals surface area contributed by atoms with Crippen LogP contribution in [0, 0.1) is 13.8 Å². The average Bonchev–Trinajstić information content (AvgIpc) is 2.37. The third kappa shape index (κ3) is 2.78. The van der Waals surface area contributed by atoms with Crippen molar-refractivity contribution in [2.45, 2.75) is 19.9 Å². The van der Waals surface area contributed by atoms with Crippen LogP contribution in [0.25, 0.3) is 0 Å². The molecule has 0 aliphatic heterocycles. The molecule has 2 rings (SSSR count). The van der Waals surface area contributed by atoms with Gasteiger partial charge >= 0.3 is 0 Å². The molecule has 1 unspecified atom stereocenters. The van der Waals surface area contributed by atoms with Crippen LogP contribution in [0.3, 0.4) is 0 Å². The minimum Gasteiger partial charge on any atom is -0.496 e. The van der Waals surface area contributed by atoms with E-state index in [1.54, 1.807) is 19.2 Å². The standard InChI is InChI=1S/C16H17Cl2NO/c1-9-7-11(8-10(2)16(9)20-3)15(19)14-12(17)5-4-6-13(14)18/h4-8,15H,19H2,1-3H3. The summed E-state index contributed by atoms with van der Waals surface area (Å²) in [6, 6.07) is 9.06. The molecular formula is C16H17Cl2NO. The second-order valence-electron chi connectivity index (χ2n) is 4.80. The Kier molecular flexibility index (Phi) is 4.59. The fraction of sp³-hybridized carbons (Fsp3) is 0.250. The number of ether oxygens (including phenoxy) is 1. The Morgan fingerprint density at radius 3 is 2.00 bits per heavy atom. The van der Waals surface area contributed by atoms with Gasteiger partial charge in [0.1, 0.15) is 5.75 Å². The molecule has 1 atom stereocenters. The number of aryl methyl sites for hydroxylation is 2. The highest BCUT2D eigenvalue weighted by Crippen LogP contribution is 2.35. The Balaban J connectivity index is 2.52. The van der Waals surface area contributed by atoms with Crippen LogP contribution in [-0.4, -0.2) is 7.11 Å². The fourth-order valence-corrected chi connectivity index (χ4v) is 3.09. The number of methoxy groups -OCH3 is 1. The first-order valence-electron chi connectivity index (χ1n) is 6.30. The van der Waals surface area contributed by atoms with E-state index >= 15 is 0 Å². The van der Waals surface area contributed by atoms with Gasteiger partial charge < -0.3 is 10.5 Å². The van der Waals surface area contributed by atoms with Crippen molar-refractivity contribution in [1.82, 2.24) is 0 Å². The number of nitrogens with two attached hydrogens (primary N) is 1. The summed E-state index contributed by atoms with van der Waals surface area (Å²) < 4.78 is 5.37. The summed E-state index contributed by atoms with van der Waals surface area (Å²) in [5.41, 5.74) is 10.1. The molecule has 20 heavy (non-hydrogen) atoms. The van der Waals surface area contributed by atoms with Crippen LogP contribution in [0.15, 0.2) is 30.3 Å². The van der Waals surface area contributed by atoms with Crippen molar-refractivity contribution in [3.63, 3.8) is 0 Å². The van der Waals surface area contributed by atoms with E-state index in [2.05, 4.69) is 0 Å². The van der Waals surface area contributed by atoms with E-state index in [0.29, 0.717) is 10.0 Å². The molecule has 0 radical (unpaired) electrons. The lowest BCUT2D eigenvalue weighted by Crippen LogP contribution is -2.13. The van der Waals surface area contributed by atoms with Crippen molar-refractivity contribution in [2.24, 2.45) is 5.73 Å². The lowest BCUT2D eigenvalue weighted by molar-refractivity contribution is 0.408. The van der Waals surface area contributed by atoms with Gasteiger partial charge in [0, 0.05) is 15.6 Å². The number of benzene rings is 2. The summed E-state index contributed by atoms with van der Waals surface area (Å²) in [6.07, 6.45) is 0. The van der Waals surface area contributed by atoms with E-state index in [4.69, 9.17) is 33.7 Å². The van der Waals surface area contributed by atoms with Crippen LogP contribution in [0.2, 0.25) is 10.0 Å². The van der Waals surface area contributed by atoms with Crippen molar-refractivity contribution in [1.29, 1.82) is 0 Å². The highest BCUT2D eigenvalue weighted by Gasteiger charge is 2.18. The minimum absolute atomic E-state index is 0.362. The Bertz CT molecular complexity index is 597. The number of hydrogen-bond donors (Lipinski definition) is 1. The van der Waals surface area contributed by atoms with E-state index in [9.17, 15) is 0 Å². The van der Waals surface area contributed by atoms with Gasteiger partial charge in [-0.05, 0) is 42.7 Å². The van der Waals surface area contributed by atoms with Gasteiger partial charge in [0.2, 0.25) is 0 Å².